The molecule has 19 heavy (non-hydrogen) atoms. The van der Waals surface area contributed by atoms with Gasteiger partial charge in [-0.3, -0.25) is 4.79 Å². The molecule has 1 aromatic rings. The standard InChI is InChI=1S/C15H14O4/c16-14-7-3-4-8-15(17)19-10-13-6-2-1-5-12(13)9-18-11-14/h1-8H,9-11H2/b7-3+,8-4-. The Labute approximate surface area is 111 Å². The molecule has 0 amide bonds. The summed E-state index contributed by atoms with van der Waals surface area (Å²) in [5.41, 5.74) is 1.79. The number of esters is 1. The third-order valence-electron chi connectivity index (χ3n) is 2.62. The van der Waals surface area contributed by atoms with Gasteiger partial charge in [0.05, 0.1) is 6.61 Å². The third-order valence-corrected chi connectivity index (χ3v) is 2.62. The highest BCUT2D eigenvalue weighted by Crippen LogP contribution is 2.12. The average Bonchev–Trinajstić information content (AvgIpc) is 2.43. The van der Waals surface area contributed by atoms with Crippen LogP contribution in [0.2, 0.25) is 0 Å². The first-order chi connectivity index (χ1) is 9.25. The summed E-state index contributed by atoms with van der Waals surface area (Å²) < 4.78 is 10.5. The van der Waals surface area contributed by atoms with Gasteiger partial charge in [-0.25, -0.2) is 4.79 Å². The van der Waals surface area contributed by atoms with E-state index in [4.69, 9.17) is 9.47 Å². The van der Waals surface area contributed by atoms with E-state index >= 15 is 0 Å². The van der Waals surface area contributed by atoms with Crippen LogP contribution in [0, 0.1) is 0 Å². The van der Waals surface area contributed by atoms with Gasteiger partial charge in [-0.1, -0.05) is 36.4 Å². The first-order valence-corrected chi connectivity index (χ1v) is 5.94. The van der Waals surface area contributed by atoms with E-state index in [9.17, 15) is 9.59 Å². The van der Waals surface area contributed by atoms with Crippen LogP contribution in [0.5, 0.6) is 0 Å². The van der Waals surface area contributed by atoms with Crippen LogP contribution in [-0.2, 0) is 32.3 Å². The number of cyclic esters (lactones) is 1. The topological polar surface area (TPSA) is 52.6 Å². The lowest BCUT2D eigenvalue weighted by atomic mass is 10.1. The molecule has 0 radical (unpaired) electrons. The minimum absolute atomic E-state index is 0.0213. The number of hydrogen-bond acceptors (Lipinski definition) is 4. The fourth-order valence-electron chi connectivity index (χ4n) is 1.64. The number of rotatable bonds is 0. The van der Waals surface area contributed by atoms with E-state index in [-0.39, 0.29) is 19.0 Å². The molecule has 0 fully saturated rings. The van der Waals surface area contributed by atoms with Crippen molar-refractivity contribution in [2.24, 2.45) is 0 Å². The Bertz CT molecular complexity index is 529. The molecule has 1 aromatic carbocycles. The molecule has 1 heterocycles. The summed E-state index contributed by atoms with van der Waals surface area (Å²) in [7, 11) is 0. The highest BCUT2D eigenvalue weighted by atomic mass is 16.5. The van der Waals surface area contributed by atoms with Gasteiger partial charge in [0.1, 0.15) is 13.2 Å². The molecular weight excluding hydrogens is 244 g/mol. The van der Waals surface area contributed by atoms with Crippen LogP contribution in [0.25, 0.3) is 0 Å². The molecule has 0 N–H and O–H groups in total. The first-order valence-electron chi connectivity index (χ1n) is 5.94. The summed E-state index contributed by atoms with van der Waals surface area (Å²) in [5, 5.41) is 0. The second kappa shape index (κ2) is 6.66. The molecule has 0 bridgehead atoms. The minimum atomic E-state index is -0.438. The molecule has 0 saturated carbocycles. The third kappa shape index (κ3) is 4.19. The maximum atomic E-state index is 11.4. The largest absolute Gasteiger partial charge is 0.458 e. The lowest BCUT2D eigenvalue weighted by Gasteiger charge is -2.09. The van der Waals surface area contributed by atoms with Crippen LogP contribution in [0.1, 0.15) is 11.1 Å². The summed E-state index contributed by atoms with van der Waals surface area (Å²) in [4.78, 5) is 22.8. The van der Waals surface area contributed by atoms with E-state index in [1.807, 2.05) is 24.3 Å². The summed E-state index contributed by atoms with van der Waals surface area (Å²) in [6.07, 6.45) is 5.63. The number of ketones is 1. The molecule has 1 aliphatic heterocycles. The molecule has 2 rings (SSSR count). The summed E-state index contributed by atoms with van der Waals surface area (Å²) in [5.74, 6) is -0.582. The lowest BCUT2D eigenvalue weighted by molar-refractivity contribution is -0.139. The molecule has 0 atom stereocenters. The zero-order valence-electron chi connectivity index (χ0n) is 10.4. The van der Waals surface area contributed by atoms with E-state index in [2.05, 4.69) is 0 Å². The Morgan fingerprint density at radius 2 is 1.53 bits per heavy atom. The fraction of sp³-hybridized carbons (Fsp3) is 0.200. The van der Waals surface area contributed by atoms with E-state index in [1.165, 1.54) is 24.3 Å². The number of fused-ring (bicyclic) bond motifs is 1. The van der Waals surface area contributed by atoms with E-state index in [0.717, 1.165) is 11.1 Å². The van der Waals surface area contributed by atoms with Gasteiger partial charge in [-0.2, -0.15) is 0 Å². The molecule has 0 unspecified atom stereocenters. The number of carbonyl (C=O) groups excluding carboxylic acids is 2. The van der Waals surface area contributed by atoms with Crippen molar-refractivity contribution in [2.45, 2.75) is 13.2 Å². The van der Waals surface area contributed by atoms with Gasteiger partial charge in [-0.15, -0.1) is 0 Å². The number of carbonyl (C=O) groups is 2. The van der Waals surface area contributed by atoms with Gasteiger partial charge in [-0.05, 0) is 17.2 Å². The zero-order valence-corrected chi connectivity index (χ0v) is 10.4. The van der Waals surface area contributed by atoms with E-state index in [0.29, 0.717) is 6.61 Å². The summed E-state index contributed by atoms with van der Waals surface area (Å²) in [6, 6.07) is 7.51. The quantitative estimate of drug-likeness (QED) is 0.667. The molecule has 0 aliphatic carbocycles. The Hall–Kier alpha value is -2.20. The Morgan fingerprint density at radius 3 is 2.32 bits per heavy atom. The molecule has 98 valence electrons. The summed E-state index contributed by atoms with van der Waals surface area (Å²) in [6.45, 7) is 0.536. The van der Waals surface area contributed by atoms with Crippen molar-refractivity contribution in [2.75, 3.05) is 6.61 Å². The molecular formula is C15H14O4. The van der Waals surface area contributed by atoms with Crippen molar-refractivity contribution in [1.82, 2.24) is 0 Å². The molecule has 0 saturated heterocycles. The maximum Gasteiger partial charge on any atom is 0.331 e. The van der Waals surface area contributed by atoms with E-state index < -0.39 is 5.97 Å². The molecule has 4 heteroatoms. The summed E-state index contributed by atoms with van der Waals surface area (Å²) >= 11 is 0. The number of benzene rings is 1. The Kier molecular flexibility index (Phi) is 4.64. The predicted molar refractivity (Wildman–Crippen MR) is 69.2 cm³/mol. The van der Waals surface area contributed by atoms with Gasteiger partial charge >= 0.3 is 5.97 Å². The molecule has 4 nitrogen and oxygen atoms in total. The fourth-order valence-corrected chi connectivity index (χ4v) is 1.64. The molecule has 0 aromatic heterocycles. The van der Waals surface area contributed by atoms with Crippen molar-refractivity contribution in [3.8, 4) is 0 Å². The van der Waals surface area contributed by atoms with E-state index in [1.54, 1.807) is 0 Å². The van der Waals surface area contributed by atoms with Gasteiger partial charge in [0.2, 0.25) is 0 Å². The highest BCUT2D eigenvalue weighted by molar-refractivity contribution is 5.91. The normalized spacial score (nSPS) is 20.2. The smallest absolute Gasteiger partial charge is 0.331 e. The van der Waals surface area contributed by atoms with Crippen molar-refractivity contribution in [1.29, 1.82) is 0 Å². The van der Waals surface area contributed by atoms with Crippen LogP contribution in [-0.4, -0.2) is 18.4 Å². The number of ether oxygens (including phenoxy) is 2. The Morgan fingerprint density at radius 1 is 0.842 bits per heavy atom. The van der Waals surface area contributed by atoms with Crippen molar-refractivity contribution < 1.29 is 19.1 Å². The minimum Gasteiger partial charge on any atom is -0.458 e. The first kappa shape index (κ1) is 13.2. The lowest BCUT2D eigenvalue weighted by Crippen LogP contribution is -2.07. The van der Waals surface area contributed by atoms with Gasteiger partial charge in [0.25, 0.3) is 0 Å². The number of hydrogen-bond donors (Lipinski definition) is 0. The van der Waals surface area contributed by atoms with Gasteiger partial charge < -0.3 is 9.47 Å². The van der Waals surface area contributed by atoms with Gasteiger partial charge in [0.15, 0.2) is 5.78 Å². The molecule has 1 aliphatic rings. The van der Waals surface area contributed by atoms with Crippen molar-refractivity contribution >= 4 is 11.8 Å². The van der Waals surface area contributed by atoms with Crippen LogP contribution in [0.4, 0.5) is 0 Å². The van der Waals surface area contributed by atoms with Crippen LogP contribution < -0.4 is 0 Å². The second-order valence-corrected chi connectivity index (χ2v) is 4.05. The number of allylic oxidation sites excluding steroid dienone is 2. The monoisotopic (exact) mass is 258 g/mol. The Balaban J connectivity index is 2.18. The van der Waals surface area contributed by atoms with Crippen LogP contribution >= 0.6 is 0 Å². The van der Waals surface area contributed by atoms with Crippen molar-refractivity contribution in [3.63, 3.8) is 0 Å². The van der Waals surface area contributed by atoms with Gasteiger partial charge in [0, 0.05) is 6.08 Å². The van der Waals surface area contributed by atoms with Crippen molar-refractivity contribution in [3.05, 3.63) is 59.7 Å². The van der Waals surface area contributed by atoms with Crippen LogP contribution in [0.3, 0.4) is 0 Å². The molecule has 0 spiro atoms. The second-order valence-electron chi connectivity index (χ2n) is 4.05. The average molecular weight is 258 g/mol. The van der Waals surface area contributed by atoms with Crippen LogP contribution in [0.15, 0.2) is 48.6 Å². The highest BCUT2D eigenvalue weighted by Gasteiger charge is 2.06. The SMILES string of the molecule is O=C1/C=C/C=C\C(=O)OCc2ccccc2COC1. The predicted octanol–water partition coefficient (Wildman–Crippen LogP) is 1.94. The zero-order chi connectivity index (χ0) is 13.5. The maximum absolute atomic E-state index is 11.4.